The van der Waals surface area contributed by atoms with E-state index in [0.29, 0.717) is 12.0 Å². The number of hydrogen-bond acceptors (Lipinski definition) is 3. The lowest BCUT2D eigenvalue weighted by Crippen LogP contribution is -2.25. The lowest BCUT2D eigenvalue weighted by Gasteiger charge is -2.16. The Morgan fingerprint density at radius 3 is 2.60 bits per heavy atom. The van der Waals surface area contributed by atoms with Crippen LogP contribution in [0.15, 0.2) is 12.4 Å². The fourth-order valence-electron chi connectivity index (χ4n) is 1.51. The summed E-state index contributed by atoms with van der Waals surface area (Å²) in [5.74, 6) is 0.176. The van der Waals surface area contributed by atoms with Gasteiger partial charge >= 0.3 is 0 Å². The maximum Gasteiger partial charge on any atom is 0.167 e. The molecule has 0 unspecified atom stereocenters. The van der Waals surface area contributed by atoms with Gasteiger partial charge in [0.1, 0.15) is 0 Å². The summed E-state index contributed by atoms with van der Waals surface area (Å²) in [5.41, 5.74) is 0.713. The van der Waals surface area contributed by atoms with Crippen molar-refractivity contribution in [2.45, 2.75) is 20.3 Å². The first-order chi connectivity index (χ1) is 7.17. The summed E-state index contributed by atoms with van der Waals surface area (Å²) >= 11 is 0. The predicted molar refractivity (Wildman–Crippen MR) is 59.9 cm³/mol. The standard InChI is InChI=1S/C11H19N3O/c1-4-14(5-2)7-6-11(15)10-8-12-13(3)9-10/h8-9H,4-7H2,1-3H3. The van der Waals surface area contributed by atoms with E-state index in [1.165, 1.54) is 0 Å². The van der Waals surface area contributed by atoms with Gasteiger partial charge in [-0.05, 0) is 13.1 Å². The first kappa shape index (κ1) is 11.9. The van der Waals surface area contributed by atoms with Crippen LogP contribution in [0.3, 0.4) is 0 Å². The molecular weight excluding hydrogens is 190 g/mol. The van der Waals surface area contributed by atoms with Crippen LogP contribution in [0.5, 0.6) is 0 Å². The van der Waals surface area contributed by atoms with Gasteiger partial charge in [-0.3, -0.25) is 9.48 Å². The SMILES string of the molecule is CCN(CC)CCC(=O)c1cnn(C)c1. The summed E-state index contributed by atoms with van der Waals surface area (Å²) in [4.78, 5) is 14.0. The van der Waals surface area contributed by atoms with E-state index in [1.54, 1.807) is 17.1 Å². The highest BCUT2D eigenvalue weighted by atomic mass is 16.1. The third kappa shape index (κ3) is 3.47. The van der Waals surface area contributed by atoms with Gasteiger partial charge in [0.2, 0.25) is 0 Å². The largest absolute Gasteiger partial charge is 0.303 e. The van der Waals surface area contributed by atoms with E-state index in [9.17, 15) is 4.79 Å². The van der Waals surface area contributed by atoms with Crippen LogP contribution < -0.4 is 0 Å². The average Bonchev–Trinajstić information content (AvgIpc) is 2.66. The second-order valence-corrected chi connectivity index (χ2v) is 3.60. The summed E-state index contributed by atoms with van der Waals surface area (Å²) in [7, 11) is 1.82. The van der Waals surface area contributed by atoms with Crippen molar-refractivity contribution in [2.75, 3.05) is 19.6 Å². The molecule has 0 aliphatic rings. The maximum atomic E-state index is 11.7. The van der Waals surface area contributed by atoms with Gasteiger partial charge < -0.3 is 4.90 Å². The Kier molecular flexibility index (Phi) is 4.49. The van der Waals surface area contributed by atoms with Crippen LogP contribution in [0.25, 0.3) is 0 Å². The lowest BCUT2D eigenvalue weighted by atomic mass is 10.1. The fourth-order valence-corrected chi connectivity index (χ4v) is 1.51. The monoisotopic (exact) mass is 209 g/mol. The Morgan fingerprint density at radius 2 is 2.13 bits per heavy atom. The molecule has 0 aromatic carbocycles. The number of Topliss-reactive ketones (excluding diaryl/α,β-unsaturated/α-hetero) is 1. The van der Waals surface area contributed by atoms with Crippen molar-refractivity contribution < 1.29 is 4.79 Å². The minimum absolute atomic E-state index is 0.176. The molecular formula is C11H19N3O. The minimum atomic E-state index is 0.176. The Morgan fingerprint density at radius 1 is 1.47 bits per heavy atom. The summed E-state index contributed by atoms with van der Waals surface area (Å²) in [6.45, 7) is 7.05. The van der Waals surface area contributed by atoms with Crippen molar-refractivity contribution in [3.8, 4) is 0 Å². The highest BCUT2D eigenvalue weighted by Gasteiger charge is 2.09. The topological polar surface area (TPSA) is 38.1 Å². The van der Waals surface area contributed by atoms with Crippen molar-refractivity contribution in [1.82, 2.24) is 14.7 Å². The molecule has 0 saturated carbocycles. The molecule has 0 radical (unpaired) electrons. The highest BCUT2D eigenvalue weighted by Crippen LogP contribution is 2.02. The molecule has 1 aromatic rings. The predicted octanol–water partition coefficient (Wildman–Crippen LogP) is 1.33. The molecule has 0 atom stereocenters. The lowest BCUT2D eigenvalue weighted by molar-refractivity contribution is 0.0966. The Balaban J connectivity index is 2.42. The molecule has 0 saturated heterocycles. The summed E-state index contributed by atoms with van der Waals surface area (Å²) < 4.78 is 1.66. The van der Waals surface area contributed by atoms with E-state index in [2.05, 4.69) is 23.8 Å². The van der Waals surface area contributed by atoms with Gasteiger partial charge in [-0.1, -0.05) is 13.8 Å². The number of nitrogens with zero attached hydrogens (tertiary/aromatic N) is 3. The third-order valence-corrected chi connectivity index (χ3v) is 2.58. The molecule has 0 aliphatic carbocycles. The number of ketones is 1. The van der Waals surface area contributed by atoms with Crippen LogP contribution in [0.2, 0.25) is 0 Å². The quantitative estimate of drug-likeness (QED) is 0.663. The summed E-state index contributed by atoms with van der Waals surface area (Å²) in [6, 6.07) is 0. The first-order valence-corrected chi connectivity index (χ1v) is 5.41. The summed E-state index contributed by atoms with van der Waals surface area (Å²) in [6.07, 6.45) is 3.97. The molecule has 1 aromatic heterocycles. The molecule has 1 heterocycles. The Hall–Kier alpha value is -1.16. The first-order valence-electron chi connectivity index (χ1n) is 5.41. The van der Waals surface area contributed by atoms with E-state index in [1.807, 2.05) is 7.05 Å². The molecule has 15 heavy (non-hydrogen) atoms. The number of rotatable bonds is 6. The third-order valence-electron chi connectivity index (χ3n) is 2.58. The van der Waals surface area contributed by atoms with E-state index in [-0.39, 0.29) is 5.78 Å². The number of carbonyl (C=O) groups is 1. The zero-order valence-corrected chi connectivity index (χ0v) is 9.73. The van der Waals surface area contributed by atoms with Crippen LogP contribution in [-0.2, 0) is 7.05 Å². The Bertz CT molecular complexity index is 315. The van der Waals surface area contributed by atoms with Crippen LogP contribution in [0.1, 0.15) is 30.6 Å². The second-order valence-electron chi connectivity index (χ2n) is 3.60. The zero-order chi connectivity index (χ0) is 11.3. The van der Waals surface area contributed by atoms with Gasteiger partial charge in [-0.15, -0.1) is 0 Å². The molecule has 0 fully saturated rings. The minimum Gasteiger partial charge on any atom is -0.303 e. The Labute approximate surface area is 90.9 Å². The van der Waals surface area contributed by atoms with Crippen LogP contribution in [0.4, 0.5) is 0 Å². The van der Waals surface area contributed by atoms with Crippen molar-refractivity contribution in [3.63, 3.8) is 0 Å². The molecule has 1 rings (SSSR count). The highest BCUT2D eigenvalue weighted by molar-refractivity contribution is 5.95. The smallest absolute Gasteiger partial charge is 0.167 e. The van der Waals surface area contributed by atoms with Gasteiger partial charge in [0.05, 0.1) is 11.8 Å². The second kappa shape index (κ2) is 5.66. The van der Waals surface area contributed by atoms with Crippen molar-refractivity contribution in [1.29, 1.82) is 0 Å². The van der Waals surface area contributed by atoms with Crippen molar-refractivity contribution in [3.05, 3.63) is 18.0 Å². The van der Waals surface area contributed by atoms with E-state index in [4.69, 9.17) is 0 Å². The van der Waals surface area contributed by atoms with Gasteiger partial charge in [0.25, 0.3) is 0 Å². The van der Waals surface area contributed by atoms with Gasteiger partial charge in [0, 0.05) is 26.2 Å². The van der Waals surface area contributed by atoms with Gasteiger partial charge in [0.15, 0.2) is 5.78 Å². The normalized spacial score (nSPS) is 10.9. The molecule has 0 N–H and O–H groups in total. The molecule has 0 aliphatic heterocycles. The molecule has 84 valence electrons. The molecule has 4 nitrogen and oxygen atoms in total. The molecule has 0 amide bonds. The number of aromatic nitrogens is 2. The molecule has 4 heteroatoms. The van der Waals surface area contributed by atoms with Crippen LogP contribution >= 0.6 is 0 Å². The van der Waals surface area contributed by atoms with Crippen LogP contribution in [-0.4, -0.2) is 40.1 Å². The van der Waals surface area contributed by atoms with E-state index >= 15 is 0 Å². The van der Waals surface area contributed by atoms with Gasteiger partial charge in [-0.25, -0.2) is 0 Å². The number of aryl methyl sites for hydroxylation is 1. The van der Waals surface area contributed by atoms with E-state index < -0.39 is 0 Å². The maximum absolute atomic E-state index is 11.7. The summed E-state index contributed by atoms with van der Waals surface area (Å²) in [5, 5.41) is 3.99. The van der Waals surface area contributed by atoms with Crippen LogP contribution in [0, 0.1) is 0 Å². The number of hydrogen-bond donors (Lipinski definition) is 0. The fraction of sp³-hybridized carbons (Fsp3) is 0.636. The van der Waals surface area contributed by atoms with Crippen molar-refractivity contribution >= 4 is 5.78 Å². The van der Waals surface area contributed by atoms with Gasteiger partial charge in [-0.2, -0.15) is 5.10 Å². The average molecular weight is 209 g/mol. The number of carbonyl (C=O) groups excluding carboxylic acids is 1. The van der Waals surface area contributed by atoms with Crippen molar-refractivity contribution in [2.24, 2.45) is 7.05 Å². The molecule has 0 spiro atoms. The molecule has 0 bridgehead atoms. The zero-order valence-electron chi connectivity index (χ0n) is 9.73. The van der Waals surface area contributed by atoms with E-state index in [0.717, 1.165) is 19.6 Å².